The summed E-state index contributed by atoms with van der Waals surface area (Å²) < 4.78 is 17.0. The predicted octanol–water partition coefficient (Wildman–Crippen LogP) is 12.2. The number of fused-ring (bicyclic) bond motifs is 5. The Kier molecular flexibility index (Phi) is 18.3. The van der Waals surface area contributed by atoms with Crippen LogP contribution >= 0.6 is 0 Å². The third kappa shape index (κ3) is 14.4. The van der Waals surface area contributed by atoms with Crippen LogP contribution in [0.2, 0.25) is 0 Å². The van der Waals surface area contributed by atoms with E-state index < -0.39 is 23.4 Å². The van der Waals surface area contributed by atoms with Gasteiger partial charge in [0.25, 0.3) is 0 Å². The maximum Gasteiger partial charge on any atom is 0.407 e. The molecule has 10 heteroatoms. The number of esters is 1. The van der Waals surface area contributed by atoms with Crippen LogP contribution in [0.25, 0.3) is 0 Å². The number of rotatable bonds is 19. The number of ether oxygens (including phenoxy) is 3. The largest absolute Gasteiger partial charge is 0.462 e. The van der Waals surface area contributed by atoms with Gasteiger partial charge in [-0.3, -0.25) is 9.59 Å². The zero-order valence-corrected chi connectivity index (χ0v) is 41.9. The van der Waals surface area contributed by atoms with E-state index in [1.165, 1.54) is 56.9 Å². The van der Waals surface area contributed by atoms with Crippen molar-refractivity contribution in [3.05, 3.63) is 11.6 Å². The molecule has 4 rings (SSSR count). The van der Waals surface area contributed by atoms with Crippen LogP contribution in [0.15, 0.2) is 11.6 Å². The molecular formula is C52H91N3O7. The molecule has 0 spiro atoms. The molecule has 0 bridgehead atoms. The average molecular weight is 870 g/mol. The van der Waals surface area contributed by atoms with Gasteiger partial charge in [-0.1, -0.05) is 66.0 Å². The monoisotopic (exact) mass is 870 g/mol. The zero-order valence-electron chi connectivity index (χ0n) is 41.9. The second-order valence-electron chi connectivity index (χ2n) is 23.2. The molecule has 3 saturated carbocycles. The summed E-state index contributed by atoms with van der Waals surface area (Å²) in [7, 11) is 0. The van der Waals surface area contributed by atoms with Gasteiger partial charge in [0, 0.05) is 44.4 Å². The molecule has 10 nitrogen and oxygen atoms in total. The van der Waals surface area contributed by atoms with E-state index in [0.717, 1.165) is 60.7 Å². The third-order valence-electron chi connectivity index (χ3n) is 15.9. The van der Waals surface area contributed by atoms with Crippen LogP contribution in [0.5, 0.6) is 0 Å². The van der Waals surface area contributed by atoms with Gasteiger partial charge in [-0.25, -0.2) is 9.59 Å². The van der Waals surface area contributed by atoms with E-state index in [0.29, 0.717) is 37.8 Å². The summed E-state index contributed by atoms with van der Waals surface area (Å²) in [5, 5.41) is 5.72. The van der Waals surface area contributed by atoms with Crippen molar-refractivity contribution in [1.82, 2.24) is 15.5 Å². The molecule has 4 aliphatic rings. The highest BCUT2D eigenvalue weighted by molar-refractivity contribution is 5.77. The first kappa shape index (κ1) is 51.9. The minimum atomic E-state index is -0.611. The Morgan fingerprint density at radius 3 is 1.92 bits per heavy atom. The summed E-state index contributed by atoms with van der Waals surface area (Å²) >= 11 is 0. The Morgan fingerprint density at radius 1 is 0.774 bits per heavy atom. The molecule has 356 valence electrons. The van der Waals surface area contributed by atoms with Gasteiger partial charge in [0.15, 0.2) is 0 Å². The Hall–Kier alpha value is -2.78. The van der Waals surface area contributed by atoms with Crippen molar-refractivity contribution in [3.8, 4) is 0 Å². The van der Waals surface area contributed by atoms with Crippen LogP contribution in [0.4, 0.5) is 9.59 Å². The quantitative estimate of drug-likeness (QED) is 0.0753. The van der Waals surface area contributed by atoms with Crippen LogP contribution in [0, 0.1) is 52.3 Å². The van der Waals surface area contributed by atoms with Crippen molar-refractivity contribution in [2.75, 3.05) is 13.1 Å². The van der Waals surface area contributed by atoms with Crippen molar-refractivity contribution in [3.63, 3.8) is 0 Å². The lowest BCUT2D eigenvalue weighted by Gasteiger charge is -2.58. The number of hydrogen-bond donors (Lipinski definition) is 2. The van der Waals surface area contributed by atoms with Gasteiger partial charge >= 0.3 is 18.2 Å². The zero-order chi connectivity index (χ0) is 46.2. The summed E-state index contributed by atoms with van der Waals surface area (Å²) in [5.41, 5.74) is 0.950. The summed E-state index contributed by atoms with van der Waals surface area (Å²) in [5.74, 6) is 5.28. The van der Waals surface area contributed by atoms with Crippen LogP contribution in [-0.4, -0.2) is 71.4 Å². The molecule has 2 N–H and O–H groups in total. The number of amides is 3. The lowest BCUT2D eigenvalue weighted by molar-refractivity contribution is -0.151. The van der Waals surface area contributed by atoms with Crippen molar-refractivity contribution in [2.45, 2.75) is 229 Å². The van der Waals surface area contributed by atoms with Gasteiger partial charge in [-0.15, -0.1) is 0 Å². The predicted molar refractivity (Wildman–Crippen MR) is 249 cm³/mol. The molecule has 3 fully saturated rings. The molecule has 0 aliphatic heterocycles. The second-order valence-corrected chi connectivity index (χ2v) is 23.2. The van der Waals surface area contributed by atoms with Crippen molar-refractivity contribution < 1.29 is 33.4 Å². The van der Waals surface area contributed by atoms with Crippen LogP contribution in [-0.2, 0) is 23.8 Å². The smallest absolute Gasteiger partial charge is 0.407 e. The fourth-order valence-electron chi connectivity index (χ4n) is 12.4. The van der Waals surface area contributed by atoms with E-state index in [1.54, 1.807) is 4.90 Å². The molecule has 0 aromatic carbocycles. The Morgan fingerprint density at radius 2 is 1.37 bits per heavy atom. The van der Waals surface area contributed by atoms with Gasteiger partial charge in [-0.2, -0.15) is 0 Å². The summed E-state index contributed by atoms with van der Waals surface area (Å²) in [6, 6.07) is -0.453. The van der Waals surface area contributed by atoms with Gasteiger partial charge in [-0.05, 0) is 178 Å². The molecule has 0 aromatic heterocycles. The maximum atomic E-state index is 13.6. The number of allylic oxidation sites excluding steroid dienone is 1. The number of nitrogens with zero attached hydrogens (tertiary/aromatic N) is 1. The maximum absolute atomic E-state index is 13.6. The Balaban J connectivity index is 1.28. The minimum absolute atomic E-state index is 0.0648. The highest BCUT2D eigenvalue weighted by Gasteiger charge is 2.59. The van der Waals surface area contributed by atoms with Crippen molar-refractivity contribution in [2.24, 2.45) is 52.3 Å². The van der Waals surface area contributed by atoms with Crippen molar-refractivity contribution >= 4 is 24.1 Å². The minimum Gasteiger partial charge on any atom is -0.462 e. The topological polar surface area (TPSA) is 123 Å². The van der Waals surface area contributed by atoms with Crippen LogP contribution in [0.1, 0.15) is 200 Å². The highest BCUT2D eigenvalue weighted by atomic mass is 16.6. The Bertz CT molecular complexity index is 1490. The van der Waals surface area contributed by atoms with E-state index >= 15 is 0 Å². The van der Waals surface area contributed by atoms with Crippen LogP contribution < -0.4 is 10.6 Å². The summed E-state index contributed by atoms with van der Waals surface area (Å²) in [4.78, 5) is 53.4. The van der Waals surface area contributed by atoms with E-state index in [-0.39, 0.29) is 48.3 Å². The number of hydrogen-bond acceptors (Lipinski definition) is 7. The fourth-order valence-corrected chi connectivity index (χ4v) is 12.4. The fraction of sp³-hybridized carbons (Fsp3) is 0.885. The summed E-state index contributed by atoms with van der Waals surface area (Å²) in [6.45, 7) is 30.4. The van der Waals surface area contributed by atoms with Gasteiger partial charge in [0.2, 0.25) is 5.91 Å². The molecule has 0 radical (unpaired) electrons. The van der Waals surface area contributed by atoms with E-state index in [1.807, 2.05) is 55.4 Å². The van der Waals surface area contributed by atoms with Gasteiger partial charge < -0.3 is 29.7 Å². The number of carbonyl (C=O) groups excluding carboxylic acids is 4. The first-order chi connectivity index (χ1) is 28.8. The molecule has 62 heavy (non-hydrogen) atoms. The first-order valence-corrected chi connectivity index (χ1v) is 25.0. The second kappa shape index (κ2) is 21.9. The van der Waals surface area contributed by atoms with Gasteiger partial charge in [0.1, 0.15) is 17.3 Å². The lowest BCUT2D eigenvalue weighted by atomic mass is 9.47. The molecule has 0 aromatic rings. The molecule has 11 atom stereocenters. The van der Waals surface area contributed by atoms with E-state index in [2.05, 4.69) is 58.3 Å². The molecule has 2 unspecified atom stereocenters. The average Bonchev–Trinajstić information content (AvgIpc) is 3.50. The Labute approximate surface area is 377 Å². The SMILES string of the molecule is CC[C@H](CC[C@@H](C)[C@H]1CC[C@H]2[C@@H]3CC=C4C[C@@H](OC(=O)CCCC(=O)N(CCC(C)NC(=O)OC(C)(C)C)CCC(C)NC(=O)OC(C)(C)C)CC[C@]4(C)[C@H]3CC[C@]12C)C(C)C. The molecular weight excluding hydrogens is 779 g/mol. The molecule has 0 saturated heterocycles. The van der Waals surface area contributed by atoms with Crippen LogP contribution in [0.3, 0.4) is 0 Å². The molecule has 0 heterocycles. The number of alkyl carbamates (subject to hydrolysis) is 2. The number of carbonyl (C=O) groups is 4. The molecule has 4 aliphatic carbocycles. The number of nitrogens with one attached hydrogen (secondary N) is 2. The first-order valence-electron chi connectivity index (χ1n) is 25.0. The summed E-state index contributed by atoms with van der Waals surface area (Å²) in [6.07, 6.45) is 16.8. The standard InChI is InChI=1S/C52H91N3O7/c1-15-38(34(2)3)20-19-35(4)42-23-24-43-41-22-21-39-33-40(25-29-51(39,13)44(41)26-30-52(42,43)14)60-46(57)18-16-17-45(56)55(31-27-36(5)53-47(58)61-49(7,8)9)32-28-37(6)54-48(59)62-50(10,11)12/h21,34-38,40-44H,15-20,22-33H2,1-14H3,(H,53,58)(H,54,59)/t35-,36?,37?,38-,40+,41+,42-,43+,44+,51+,52-/m1/s1. The molecule has 3 amide bonds. The van der Waals surface area contributed by atoms with E-state index in [4.69, 9.17) is 14.2 Å². The highest BCUT2D eigenvalue weighted by Crippen LogP contribution is 2.67. The normalized spacial score (nSPS) is 29.1. The lowest BCUT2D eigenvalue weighted by Crippen LogP contribution is -2.51. The van der Waals surface area contributed by atoms with E-state index in [9.17, 15) is 19.2 Å². The third-order valence-corrected chi connectivity index (χ3v) is 15.9. The van der Waals surface area contributed by atoms with Gasteiger partial charge in [0.05, 0.1) is 0 Å². The van der Waals surface area contributed by atoms with Crippen molar-refractivity contribution in [1.29, 1.82) is 0 Å².